The minimum absolute atomic E-state index is 0.0253. The molecule has 1 aromatic heterocycles. The first kappa shape index (κ1) is 13.1. The molecule has 0 bridgehead atoms. The summed E-state index contributed by atoms with van der Waals surface area (Å²) >= 11 is 0. The standard InChI is InChI=1S/C13H22N4O/c1-3-17(10-11-6-4-5-7-14-11)13(18)12-15-8-9-16(12)2/h8-9,11,14H,3-7,10H2,1-2H3. The van der Waals surface area contributed by atoms with Crippen molar-refractivity contribution < 1.29 is 4.79 Å². The normalized spacial score (nSPS) is 19.8. The summed E-state index contributed by atoms with van der Waals surface area (Å²) in [6, 6.07) is 0.433. The van der Waals surface area contributed by atoms with Crippen LogP contribution in [0.2, 0.25) is 0 Å². The van der Waals surface area contributed by atoms with Crippen molar-refractivity contribution in [2.75, 3.05) is 19.6 Å². The zero-order valence-corrected chi connectivity index (χ0v) is 11.2. The lowest BCUT2D eigenvalue weighted by molar-refractivity contribution is 0.0725. The minimum Gasteiger partial charge on any atom is -0.335 e. The SMILES string of the molecule is CCN(CC1CCCCN1)C(=O)c1nccn1C. The van der Waals surface area contributed by atoms with Gasteiger partial charge < -0.3 is 14.8 Å². The first-order valence-corrected chi connectivity index (χ1v) is 6.72. The molecule has 0 spiro atoms. The molecular weight excluding hydrogens is 228 g/mol. The number of hydrogen-bond donors (Lipinski definition) is 1. The molecule has 5 heteroatoms. The smallest absolute Gasteiger partial charge is 0.289 e. The number of aryl methyl sites for hydroxylation is 1. The molecule has 1 unspecified atom stereocenters. The van der Waals surface area contributed by atoms with Gasteiger partial charge in [0, 0.05) is 38.6 Å². The molecule has 0 aromatic carbocycles. The molecule has 0 radical (unpaired) electrons. The molecule has 2 heterocycles. The Balaban J connectivity index is 1.99. The molecule has 2 rings (SSSR count). The Morgan fingerprint density at radius 3 is 3.00 bits per heavy atom. The number of amides is 1. The number of piperidine rings is 1. The van der Waals surface area contributed by atoms with Crippen LogP contribution in [0, 0.1) is 0 Å². The van der Waals surface area contributed by atoms with Crippen LogP contribution in [0.25, 0.3) is 0 Å². The van der Waals surface area contributed by atoms with E-state index in [0.29, 0.717) is 11.9 Å². The number of nitrogens with zero attached hydrogens (tertiary/aromatic N) is 3. The van der Waals surface area contributed by atoms with Gasteiger partial charge in [-0.2, -0.15) is 0 Å². The van der Waals surface area contributed by atoms with Gasteiger partial charge in [-0.05, 0) is 26.3 Å². The maximum atomic E-state index is 12.3. The van der Waals surface area contributed by atoms with E-state index in [1.165, 1.54) is 12.8 Å². The fourth-order valence-electron chi connectivity index (χ4n) is 2.41. The van der Waals surface area contributed by atoms with Crippen molar-refractivity contribution >= 4 is 5.91 Å². The Hall–Kier alpha value is -1.36. The number of hydrogen-bond acceptors (Lipinski definition) is 3. The summed E-state index contributed by atoms with van der Waals surface area (Å²) in [6.07, 6.45) is 7.13. The lowest BCUT2D eigenvalue weighted by Crippen LogP contribution is -2.46. The Morgan fingerprint density at radius 2 is 2.44 bits per heavy atom. The van der Waals surface area contributed by atoms with E-state index in [9.17, 15) is 4.79 Å². The fourth-order valence-corrected chi connectivity index (χ4v) is 2.41. The number of nitrogens with one attached hydrogen (secondary N) is 1. The fraction of sp³-hybridized carbons (Fsp3) is 0.692. The minimum atomic E-state index is 0.0253. The van der Waals surface area contributed by atoms with Crippen LogP contribution >= 0.6 is 0 Å². The van der Waals surface area contributed by atoms with Crippen molar-refractivity contribution in [3.05, 3.63) is 18.2 Å². The largest absolute Gasteiger partial charge is 0.335 e. The van der Waals surface area contributed by atoms with Crippen molar-refractivity contribution in [1.82, 2.24) is 19.8 Å². The Kier molecular flexibility index (Phi) is 4.36. The molecule has 100 valence electrons. The second-order valence-electron chi connectivity index (χ2n) is 4.85. The van der Waals surface area contributed by atoms with E-state index in [1.807, 2.05) is 18.9 Å². The van der Waals surface area contributed by atoms with Gasteiger partial charge in [-0.15, -0.1) is 0 Å². The van der Waals surface area contributed by atoms with Gasteiger partial charge in [-0.3, -0.25) is 4.79 Å². The van der Waals surface area contributed by atoms with E-state index in [1.54, 1.807) is 17.0 Å². The summed E-state index contributed by atoms with van der Waals surface area (Å²) in [4.78, 5) is 18.4. The highest BCUT2D eigenvalue weighted by Gasteiger charge is 2.22. The Bertz CT molecular complexity index is 395. The predicted octanol–water partition coefficient (Wildman–Crippen LogP) is 1.02. The number of rotatable bonds is 4. The molecule has 1 aliphatic heterocycles. The number of carbonyl (C=O) groups excluding carboxylic acids is 1. The van der Waals surface area contributed by atoms with Crippen molar-refractivity contribution in [3.8, 4) is 0 Å². The van der Waals surface area contributed by atoms with E-state index in [-0.39, 0.29) is 5.91 Å². The second-order valence-corrected chi connectivity index (χ2v) is 4.85. The van der Waals surface area contributed by atoms with Gasteiger partial charge in [0.25, 0.3) is 5.91 Å². The lowest BCUT2D eigenvalue weighted by atomic mass is 10.0. The maximum absolute atomic E-state index is 12.3. The van der Waals surface area contributed by atoms with Crippen LogP contribution in [0.15, 0.2) is 12.4 Å². The zero-order chi connectivity index (χ0) is 13.0. The first-order chi connectivity index (χ1) is 8.72. The van der Waals surface area contributed by atoms with Gasteiger partial charge in [0.2, 0.25) is 0 Å². The van der Waals surface area contributed by atoms with Gasteiger partial charge in [0.05, 0.1) is 0 Å². The average Bonchev–Trinajstić information content (AvgIpc) is 2.82. The molecule has 18 heavy (non-hydrogen) atoms. The molecule has 0 aliphatic carbocycles. The third kappa shape index (κ3) is 2.90. The van der Waals surface area contributed by atoms with Gasteiger partial charge >= 0.3 is 0 Å². The third-order valence-corrected chi connectivity index (χ3v) is 3.53. The highest BCUT2D eigenvalue weighted by atomic mass is 16.2. The topological polar surface area (TPSA) is 50.2 Å². The monoisotopic (exact) mass is 250 g/mol. The number of aromatic nitrogens is 2. The number of imidazole rings is 1. The summed E-state index contributed by atoms with van der Waals surface area (Å²) < 4.78 is 1.78. The van der Waals surface area contributed by atoms with E-state index in [2.05, 4.69) is 10.3 Å². The van der Waals surface area contributed by atoms with E-state index >= 15 is 0 Å². The highest BCUT2D eigenvalue weighted by molar-refractivity contribution is 5.90. The Labute approximate surface area is 108 Å². The van der Waals surface area contributed by atoms with Crippen LogP contribution < -0.4 is 5.32 Å². The van der Waals surface area contributed by atoms with Crippen molar-refractivity contribution in [2.45, 2.75) is 32.2 Å². The molecule has 1 aromatic rings. The quantitative estimate of drug-likeness (QED) is 0.868. The van der Waals surface area contributed by atoms with Crippen LogP contribution in [0.5, 0.6) is 0 Å². The summed E-state index contributed by atoms with van der Waals surface area (Å²) in [5.41, 5.74) is 0. The molecular formula is C13H22N4O. The van der Waals surface area contributed by atoms with Gasteiger partial charge in [-0.1, -0.05) is 6.42 Å². The van der Waals surface area contributed by atoms with Crippen molar-refractivity contribution in [2.24, 2.45) is 7.05 Å². The van der Waals surface area contributed by atoms with E-state index in [4.69, 9.17) is 0 Å². The van der Waals surface area contributed by atoms with Crippen LogP contribution in [0.4, 0.5) is 0 Å². The van der Waals surface area contributed by atoms with Crippen LogP contribution in [0.1, 0.15) is 36.8 Å². The van der Waals surface area contributed by atoms with Gasteiger partial charge in [-0.25, -0.2) is 4.98 Å². The molecule has 1 aliphatic rings. The molecule has 5 nitrogen and oxygen atoms in total. The zero-order valence-electron chi connectivity index (χ0n) is 11.2. The predicted molar refractivity (Wildman–Crippen MR) is 70.4 cm³/mol. The highest BCUT2D eigenvalue weighted by Crippen LogP contribution is 2.10. The van der Waals surface area contributed by atoms with E-state index < -0.39 is 0 Å². The van der Waals surface area contributed by atoms with Crippen molar-refractivity contribution in [1.29, 1.82) is 0 Å². The van der Waals surface area contributed by atoms with Crippen molar-refractivity contribution in [3.63, 3.8) is 0 Å². The second kappa shape index (κ2) is 6.00. The van der Waals surface area contributed by atoms with Crippen LogP contribution in [0.3, 0.4) is 0 Å². The third-order valence-electron chi connectivity index (χ3n) is 3.53. The van der Waals surface area contributed by atoms with Crippen LogP contribution in [-0.4, -0.2) is 46.0 Å². The lowest BCUT2D eigenvalue weighted by Gasteiger charge is -2.29. The summed E-state index contributed by atoms with van der Waals surface area (Å²) in [5.74, 6) is 0.546. The summed E-state index contributed by atoms with van der Waals surface area (Å²) in [6.45, 7) is 4.59. The summed E-state index contributed by atoms with van der Waals surface area (Å²) in [7, 11) is 1.85. The van der Waals surface area contributed by atoms with Crippen LogP contribution in [-0.2, 0) is 7.05 Å². The molecule has 1 N–H and O–H groups in total. The van der Waals surface area contributed by atoms with E-state index in [0.717, 1.165) is 26.1 Å². The number of likely N-dealkylation sites (N-methyl/N-ethyl adjacent to an activating group) is 1. The maximum Gasteiger partial charge on any atom is 0.289 e. The molecule has 1 fully saturated rings. The van der Waals surface area contributed by atoms with Gasteiger partial charge in [0.15, 0.2) is 5.82 Å². The Morgan fingerprint density at radius 1 is 1.61 bits per heavy atom. The molecule has 1 amide bonds. The molecule has 1 saturated heterocycles. The summed E-state index contributed by atoms with van der Waals surface area (Å²) in [5, 5.41) is 3.48. The number of carbonyl (C=O) groups is 1. The first-order valence-electron chi connectivity index (χ1n) is 6.72. The molecule has 0 saturated carbocycles. The molecule has 1 atom stereocenters. The van der Waals surface area contributed by atoms with Gasteiger partial charge in [0.1, 0.15) is 0 Å². The average molecular weight is 250 g/mol.